The molecule has 1 fully saturated rings. The minimum absolute atomic E-state index is 0.0239. The van der Waals surface area contributed by atoms with E-state index in [1.54, 1.807) is 6.92 Å². The minimum atomic E-state index is -2.00. The van der Waals surface area contributed by atoms with Gasteiger partial charge in [-0.15, -0.1) is 0 Å². The summed E-state index contributed by atoms with van der Waals surface area (Å²) in [5, 5.41) is 37.5. The zero-order valence-corrected chi connectivity index (χ0v) is 9.56. The van der Waals surface area contributed by atoms with Gasteiger partial charge in [-0.25, -0.2) is 0 Å². The molecule has 0 spiro atoms. The summed E-state index contributed by atoms with van der Waals surface area (Å²) >= 11 is 0. The van der Waals surface area contributed by atoms with E-state index in [0.717, 1.165) is 0 Å². The molecule has 1 saturated heterocycles. The average Bonchev–Trinajstić information content (AvgIpc) is 2.32. The maximum absolute atomic E-state index is 10.7. The molecule has 0 aromatic heterocycles. The van der Waals surface area contributed by atoms with Crippen LogP contribution in [0.5, 0.6) is 0 Å². The van der Waals surface area contributed by atoms with E-state index in [1.807, 2.05) is 0 Å². The molecule has 0 aromatic rings. The molecule has 0 unspecified atom stereocenters. The van der Waals surface area contributed by atoms with Gasteiger partial charge in [-0.1, -0.05) is 6.92 Å². The van der Waals surface area contributed by atoms with Crippen LogP contribution in [0, 0.1) is 5.92 Å². The van der Waals surface area contributed by atoms with Crippen molar-refractivity contribution >= 4 is 6.29 Å². The van der Waals surface area contributed by atoms with Gasteiger partial charge in [0.2, 0.25) is 5.79 Å². The lowest BCUT2D eigenvalue weighted by molar-refractivity contribution is -0.269. The molecule has 0 aromatic carbocycles. The van der Waals surface area contributed by atoms with Crippen molar-refractivity contribution in [3.63, 3.8) is 0 Å². The minimum Gasteiger partial charge on any atom is -0.394 e. The summed E-state index contributed by atoms with van der Waals surface area (Å²) in [4.78, 5) is 10.7. The summed E-state index contributed by atoms with van der Waals surface area (Å²) in [5.41, 5.74) is 5.79. The SMILES string of the molecule is C[C@H]1C[C@](O)(C=O)O[C@@H]([C@H](O)[C@H](O)CO)[C@@H]1N. The van der Waals surface area contributed by atoms with Crippen LogP contribution < -0.4 is 5.73 Å². The normalized spacial score (nSPS) is 41.9. The predicted octanol–water partition coefficient (Wildman–Crippen LogP) is -2.66. The zero-order valence-electron chi connectivity index (χ0n) is 9.56. The maximum Gasteiger partial charge on any atom is 0.224 e. The molecule has 6 N–H and O–H groups in total. The van der Waals surface area contributed by atoms with Crippen molar-refractivity contribution in [2.75, 3.05) is 6.61 Å². The Morgan fingerprint density at radius 3 is 2.65 bits per heavy atom. The van der Waals surface area contributed by atoms with Gasteiger partial charge in [-0.3, -0.25) is 4.79 Å². The molecule has 0 bridgehead atoms. The number of nitrogens with two attached hydrogens (primary N) is 1. The first kappa shape index (κ1) is 14.5. The van der Waals surface area contributed by atoms with Crippen LogP contribution in [-0.4, -0.2) is 63.5 Å². The van der Waals surface area contributed by atoms with E-state index in [-0.39, 0.29) is 18.6 Å². The highest BCUT2D eigenvalue weighted by atomic mass is 16.6. The van der Waals surface area contributed by atoms with Gasteiger partial charge in [0, 0.05) is 12.5 Å². The zero-order chi connectivity index (χ0) is 13.2. The number of rotatable bonds is 4. The molecule has 100 valence electrons. The molecular weight excluding hydrogens is 230 g/mol. The largest absolute Gasteiger partial charge is 0.394 e. The first-order chi connectivity index (χ1) is 7.84. The van der Waals surface area contributed by atoms with E-state index in [9.17, 15) is 20.1 Å². The molecule has 7 nitrogen and oxygen atoms in total. The fourth-order valence-electron chi connectivity index (χ4n) is 1.98. The third kappa shape index (κ3) is 3.01. The summed E-state index contributed by atoms with van der Waals surface area (Å²) < 4.78 is 5.03. The number of carbonyl (C=O) groups is 1. The van der Waals surface area contributed by atoms with Gasteiger partial charge < -0.3 is 30.9 Å². The van der Waals surface area contributed by atoms with Gasteiger partial charge in [-0.05, 0) is 5.92 Å². The average molecular weight is 249 g/mol. The van der Waals surface area contributed by atoms with Crippen LogP contribution in [0.25, 0.3) is 0 Å². The second-order valence-corrected chi connectivity index (χ2v) is 4.54. The van der Waals surface area contributed by atoms with Crippen molar-refractivity contribution < 1.29 is 30.0 Å². The Kier molecular flexibility index (Phi) is 4.59. The highest BCUT2D eigenvalue weighted by Crippen LogP contribution is 2.31. The van der Waals surface area contributed by atoms with Crippen LogP contribution in [0.2, 0.25) is 0 Å². The molecule has 0 amide bonds. The smallest absolute Gasteiger partial charge is 0.224 e. The molecule has 7 heteroatoms. The summed E-state index contributed by atoms with van der Waals surface area (Å²) in [5.74, 6) is -2.28. The van der Waals surface area contributed by atoms with E-state index in [4.69, 9.17) is 15.6 Å². The van der Waals surface area contributed by atoms with Gasteiger partial charge in [0.15, 0.2) is 6.29 Å². The molecule has 1 aliphatic rings. The van der Waals surface area contributed by atoms with Gasteiger partial charge in [-0.2, -0.15) is 0 Å². The molecular formula is C10H19NO6. The summed E-state index contributed by atoms with van der Waals surface area (Å²) in [6, 6.07) is -0.647. The molecule has 17 heavy (non-hydrogen) atoms. The van der Waals surface area contributed by atoms with Crippen LogP contribution >= 0.6 is 0 Å². The Hall–Kier alpha value is -0.570. The summed E-state index contributed by atoms with van der Waals surface area (Å²) in [6.07, 6.45) is -3.76. The van der Waals surface area contributed by atoms with Crippen LogP contribution in [0.3, 0.4) is 0 Å². The Labute approximate surface area is 98.8 Å². The van der Waals surface area contributed by atoms with E-state index in [1.165, 1.54) is 0 Å². The first-order valence-corrected chi connectivity index (χ1v) is 5.43. The van der Waals surface area contributed by atoms with Gasteiger partial charge in [0.25, 0.3) is 0 Å². The summed E-state index contributed by atoms with van der Waals surface area (Å²) in [6.45, 7) is 1.04. The lowest BCUT2D eigenvalue weighted by Gasteiger charge is -2.43. The fraction of sp³-hybridized carbons (Fsp3) is 0.900. The van der Waals surface area contributed by atoms with Crippen molar-refractivity contribution in [3.8, 4) is 0 Å². The van der Waals surface area contributed by atoms with Crippen molar-refractivity contribution in [3.05, 3.63) is 0 Å². The Morgan fingerprint density at radius 2 is 2.18 bits per heavy atom. The Morgan fingerprint density at radius 1 is 1.59 bits per heavy atom. The van der Waals surface area contributed by atoms with Crippen LogP contribution in [0.1, 0.15) is 13.3 Å². The molecule has 0 aliphatic carbocycles. The molecule has 1 aliphatic heterocycles. The van der Waals surface area contributed by atoms with Gasteiger partial charge in [0.05, 0.1) is 6.61 Å². The number of hydrogen-bond donors (Lipinski definition) is 5. The lowest BCUT2D eigenvalue weighted by atomic mass is 9.84. The van der Waals surface area contributed by atoms with E-state index >= 15 is 0 Å². The molecule has 6 atom stereocenters. The number of aldehydes is 1. The van der Waals surface area contributed by atoms with E-state index < -0.39 is 36.7 Å². The first-order valence-electron chi connectivity index (χ1n) is 5.43. The Bertz CT molecular complexity index is 276. The van der Waals surface area contributed by atoms with Crippen LogP contribution in [0.4, 0.5) is 0 Å². The van der Waals surface area contributed by atoms with Crippen LogP contribution in [-0.2, 0) is 9.53 Å². The second kappa shape index (κ2) is 5.38. The van der Waals surface area contributed by atoms with Gasteiger partial charge >= 0.3 is 0 Å². The Balaban J connectivity index is 2.85. The standard InChI is InChI=1S/C10H19NO6/c1-5-2-10(16,4-13)17-9(7(5)11)8(15)6(14)3-12/h4-9,12,14-16H,2-3,11H2,1H3/t5-,6+,7+,8+,9+,10+/m0/s1. The quantitative estimate of drug-likeness (QED) is 0.343. The highest BCUT2D eigenvalue weighted by Gasteiger charge is 2.47. The molecule has 1 rings (SSSR count). The molecule has 0 radical (unpaired) electrons. The third-order valence-corrected chi connectivity index (χ3v) is 3.09. The number of hydrogen-bond acceptors (Lipinski definition) is 7. The number of aliphatic hydroxyl groups is 4. The predicted molar refractivity (Wildman–Crippen MR) is 56.7 cm³/mol. The van der Waals surface area contributed by atoms with Crippen molar-refractivity contribution in [2.45, 2.75) is 43.5 Å². The monoisotopic (exact) mass is 249 g/mol. The van der Waals surface area contributed by atoms with Crippen molar-refractivity contribution in [2.24, 2.45) is 11.7 Å². The molecule has 1 heterocycles. The topological polar surface area (TPSA) is 133 Å². The maximum atomic E-state index is 10.7. The number of carbonyl (C=O) groups excluding carboxylic acids is 1. The van der Waals surface area contributed by atoms with Crippen molar-refractivity contribution in [1.29, 1.82) is 0 Å². The number of ether oxygens (including phenoxy) is 1. The van der Waals surface area contributed by atoms with Gasteiger partial charge in [0.1, 0.15) is 18.3 Å². The summed E-state index contributed by atoms with van der Waals surface area (Å²) in [7, 11) is 0. The van der Waals surface area contributed by atoms with E-state index in [2.05, 4.69) is 0 Å². The van der Waals surface area contributed by atoms with Crippen LogP contribution in [0.15, 0.2) is 0 Å². The third-order valence-electron chi connectivity index (χ3n) is 3.09. The highest BCUT2D eigenvalue weighted by molar-refractivity contribution is 5.60. The lowest BCUT2D eigenvalue weighted by Crippen LogP contribution is -2.61. The van der Waals surface area contributed by atoms with Crippen molar-refractivity contribution in [1.82, 2.24) is 0 Å². The number of aliphatic hydroxyl groups excluding tert-OH is 3. The van der Waals surface area contributed by atoms with E-state index in [0.29, 0.717) is 0 Å². The molecule has 0 saturated carbocycles. The fourth-order valence-corrected chi connectivity index (χ4v) is 1.98. The second-order valence-electron chi connectivity index (χ2n) is 4.54.